The van der Waals surface area contributed by atoms with Gasteiger partial charge in [0.05, 0.1) is 13.0 Å². The molecule has 0 amide bonds. The van der Waals surface area contributed by atoms with E-state index in [0.29, 0.717) is 32.5 Å². The predicted molar refractivity (Wildman–Crippen MR) is 54.4 cm³/mol. The van der Waals surface area contributed by atoms with Gasteiger partial charge in [0.1, 0.15) is 5.67 Å². The zero-order chi connectivity index (χ0) is 9.73. The highest BCUT2D eigenvalue weighted by molar-refractivity contribution is 5.85. The van der Waals surface area contributed by atoms with E-state index in [0.717, 1.165) is 0 Å². The van der Waals surface area contributed by atoms with Crippen molar-refractivity contribution < 1.29 is 13.9 Å². The van der Waals surface area contributed by atoms with Crippen LogP contribution in [0.2, 0.25) is 0 Å². The first-order valence-corrected chi connectivity index (χ1v) is 4.71. The maximum absolute atomic E-state index is 13.8. The molecule has 1 fully saturated rings. The average Bonchev–Trinajstić information content (AvgIpc) is 2.04. The largest absolute Gasteiger partial charge is 0.466 e. The van der Waals surface area contributed by atoms with Crippen LogP contribution in [0.4, 0.5) is 4.39 Å². The molecule has 14 heavy (non-hydrogen) atoms. The van der Waals surface area contributed by atoms with Crippen molar-refractivity contribution in [2.75, 3.05) is 19.7 Å². The molecular weight excluding hydrogens is 209 g/mol. The first-order valence-electron chi connectivity index (χ1n) is 4.71. The zero-order valence-electron chi connectivity index (χ0n) is 8.35. The number of halogens is 2. The normalized spacial score (nSPS) is 19.6. The molecule has 0 atom stereocenters. The summed E-state index contributed by atoms with van der Waals surface area (Å²) in [5, 5.41) is 3.05. The van der Waals surface area contributed by atoms with Crippen LogP contribution in [0.5, 0.6) is 0 Å². The highest BCUT2D eigenvalue weighted by atomic mass is 35.5. The van der Waals surface area contributed by atoms with Crippen molar-refractivity contribution in [1.29, 1.82) is 0 Å². The Morgan fingerprint density at radius 2 is 2.07 bits per heavy atom. The number of ether oxygens (including phenoxy) is 1. The highest BCUT2D eigenvalue weighted by Crippen LogP contribution is 2.27. The van der Waals surface area contributed by atoms with Crippen LogP contribution in [0, 0.1) is 0 Å². The van der Waals surface area contributed by atoms with Crippen molar-refractivity contribution in [2.45, 2.75) is 31.9 Å². The molecule has 0 radical (unpaired) electrons. The molecule has 1 N–H and O–H groups in total. The summed E-state index contributed by atoms with van der Waals surface area (Å²) in [4.78, 5) is 11.0. The van der Waals surface area contributed by atoms with Gasteiger partial charge in [-0.15, -0.1) is 12.4 Å². The number of hydrogen-bond acceptors (Lipinski definition) is 3. The molecule has 0 bridgehead atoms. The molecule has 0 aromatic rings. The minimum Gasteiger partial charge on any atom is -0.466 e. The van der Waals surface area contributed by atoms with Gasteiger partial charge in [0.15, 0.2) is 0 Å². The maximum atomic E-state index is 13.8. The minimum absolute atomic E-state index is 0. The SMILES string of the molecule is CCOC(=O)CC1(F)CCNCC1.Cl. The van der Waals surface area contributed by atoms with Gasteiger partial charge in [-0.25, -0.2) is 4.39 Å². The van der Waals surface area contributed by atoms with Gasteiger partial charge in [-0.05, 0) is 32.9 Å². The third-order valence-corrected chi connectivity index (χ3v) is 2.27. The highest BCUT2D eigenvalue weighted by Gasteiger charge is 2.34. The van der Waals surface area contributed by atoms with Crippen LogP contribution in [0.1, 0.15) is 26.2 Å². The molecule has 0 aliphatic carbocycles. The third kappa shape index (κ3) is 4.24. The summed E-state index contributed by atoms with van der Waals surface area (Å²) in [6.45, 7) is 3.35. The fraction of sp³-hybridized carbons (Fsp3) is 0.889. The summed E-state index contributed by atoms with van der Waals surface area (Å²) < 4.78 is 18.5. The summed E-state index contributed by atoms with van der Waals surface area (Å²) >= 11 is 0. The standard InChI is InChI=1S/C9H16FNO2.ClH/c1-2-13-8(12)7-9(10)3-5-11-6-4-9;/h11H,2-7H2,1H3;1H. The maximum Gasteiger partial charge on any atom is 0.309 e. The summed E-state index contributed by atoms with van der Waals surface area (Å²) in [6.07, 6.45) is 0.722. The van der Waals surface area contributed by atoms with Crippen LogP contribution in [0.15, 0.2) is 0 Å². The molecular formula is C9H17ClFNO2. The summed E-state index contributed by atoms with van der Waals surface area (Å²) in [5.74, 6) is -0.424. The number of nitrogens with one attached hydrogen (secondary N) is 1. The van der Waals surface area contributed by atoms with Crippen molar-refractivity contribution in [1.82, 2.24) is 5.32 Å². The van der Waals surface area contributed by atoms with E-state index in [1.807, 2.05) is 0 Å². The van der Waals surface area contributed by atoms with Crippen LogP contribution in [-0.2, 0) is 9.53 Å². The van der Waals surface area contributed by atoms with Crippen molar-refractivity contribution in [3.05, 3.63) is 0 Å². The molecule has 1 aliphatic heterocycles. The first-order chi connectivity index (χ1) is 6.16. The van der Waals surface area contributed by atoms with Gasteiger partial charge >= 0.3 is 5.97 Å². The fourth-order valence-corrected chi connectivity index (χ4v) is 1.52. The van der Waals surface area contributed by atoms with Gasteiger partial charge in [-0.2, -0.15) is 0 Å². The average molecular weight is 226 g/mol. The molecule has 5 heteroatoms. The second-order valence-electron chi connectivity index (χ2n) is 3.38. The van der Waals surface area contributed by atoms with E-state index < -0.39 is 11.6 Å². The Labute approximate surface area is 89.8 Å². The summed E-state index contributed by atoms with van der Waals surface area (Å²) in [7, 11) is 0. The van der Waals surface area contributed by atoms with Crippen LogP contribution < -0.4 is 5.32 Å². The quantitative estimate of drug-likeness (QED) is 0.739. The van der Waals surface area contributed by atoms with Gasteiger partial charge in [0.25, 0.3) is 0 Å². The number of hydrogen-bond donors (Lipinski definition) is 1. The molecule has 0 spiro atoms. The van der Waals surface area contributed by atoms with E-state index >= 15 is 0 Å². The molecule has 0 unspecified atom stereocenters. The molecule has 1 rings (SSSR count). The van der Waals surface area contributed by atoms with Gasteiger partial charge in [-0.3, -0.25) is 4.79 Å². The lowest BCUT2D eigenvalue weighted by atomic mass is 9.91. The molecule has 0 aromatic carbocycles. The summed E-state index contributed by atoms with van der Waals surface area (Å²) in [6, 6.07) is 0. The van der Waals surface area contributed by atoms with Crippen LogP contribution in [-0.4, -0.2) is 31.3 Å². The van der Waals surface area contributed by atoms with Crippen LogP contribution in [0.3, 0.4) is 0 Å². The third-order valence-electron chi connectivity index (χ3n) is 2.27. The fourth-order valence-electron chi connectivity index (χ4n) is 1.52. The Balaban J connectivity index is 0.00000169. The molecule has 0 aromatic heterocycles. The number of piperidine rings is 1. The van der Waals surface area contributed by atoms with Crippen LogP contribution >= 0.6 is 12.4 Å². The van der Waals surface area contributed by atoms with Gasteiger partial charge in [0.2, 0.25) is 0 Å². The summed E-state index contributed by atoms with van der Waals surface area (Å²) in [5.41, 5.74) is -1.34. The number of carbonyl (C=O) groups is 1. The minimum atomic E-state index is -1.34. The van der Waals surface area contributed by atoms with E-state index in [-0.39, 0.29) is 18.8 Å². The Kier molecular flexibility index (Phi) is 6.04. The topological polar surface area (TPSA) is 38.3 Å². The second-order valence-corrected chi connectivity index (χ2v) is 3.38. The predicted octanol–water partition coefficient (Wildman–Crippen LogP) is 1.45. The monoisotopic (exact) mass is 225 g/mol. The van der Waals surface area contributed by atoms with E-state index in [1.165, 1.54) is 0 Å². The molecule has 1 aliphatic rings. The van der Waals surface area contributed by atoms with Crippen molar-refractivity contribution >= 4 is 18.4 Å². The Morgan fingerprint density at radius 3 is 2.57 bits per heavy atom. The van der Waals surface area contributed by atoms with Gasteiger partial charge in [-0.1, -0.05) is 0 Å². The Morgan fingerprint density at radius 1 is 1.50 bits per heavy atom. The van der Waals surface area contributed by atoms with E-state index in [4.69, 9.17) is 4.74 Å². The molecule has 0 saturated carbocycles. The molecule has 3 nitrogen and oxygen atoms in total. The second kappa shape index (κ2) is 6.19. The van der Waals surface area contributed by atoms with Crippen LogP contribution in [0.25, 0.3) is 0 Å². The van der Waals surface area contributed by atoms with Gasteiger partial charge in [0, 0.05) is 0 Å². The van der Waals surface area contributed by atoms with E-state index in [2.05, 4.69) is 5.32 Å². The lowest BCUT2D eigenvalue weighted by Crippen LogP contribution is -2.40. The van der Waals surface area contributed by atoms with Gasteiger partial charge < -0.3 is 10.1 Å². The van der Waals surface area contributed by atoms with Crippen molar-refractivity contribution in [3.63, 3.8) is 0 Å². The molecule has 84 valence electrons. The molecule has 1 saturated heterocycles. The number of alkyl halides is 1. The van der Waals surface area contributed by atoms with Crippen molar-refractivity contribution in [2.24, 2.45) is 0 Å². The molecule has 1 heterocycles. The number of carbonyl (C=O) groups excluding carboxylic acids is 1. The van der Waals surface area contributed by atoms with E-state index in [9.17, 15) is 9.18 Å². The number of esters is 1. The lowest BCUT2D eigenvalue weighted by molar-refractivity contribution is -0.146. The zero-order valence-corrected chi connectivity index (χ0v) is 9.16. The number of rotatable bonds is 3. The first kappa shape index (κ1) is 13.7. The smallest absolute Gasteiger partial charge is 0.309 e. The van der Waals surface area contributed by atoms with E-state index in [1.54, 1.807) is 6.92 Å². The van der Waals surface area contributed by atoms with Crippen molar-refractivity contribution in [3.8, 4) is 0 Å². The lowest BCUT2D eigenvalue weighted by Gasteiger charge is -2.28. The Hall–Kier alpha value is -0.350. The Bertz CT molecular complexity index is 184.